The van der Waals surface area contributed by atoms with Gasteiger partial charge in [0.15, 0.2) is 11.6 Å². The predicted molar refractivity (Wildman–Crippen MR) is 96.0 cm³/mol. The Hall–Kier alpha value is -3.02. The number of rotatable bonds is 3. The number of benzene rings is 2. The highest BCUT2D eigenvalue weighted by Gasteiger charge is 2.11. The molecule has 0 N–H and O–H groups in total. The van der Waals surface area contributed by atoms with E-state index in [0.717, 1.165) is 39.0 Å². The summed E-state index contributed by atoms with van der Waals surface area (Å²) in [7, 11) is 0. The van der Waals surface area contributed by atoms with Crippen molar-refractivity contribution in [1.29, 1.82) is 0 Å². The highest BCUT2D eigenvalue weighted by atomic mass is 19.2. The lowest BCUT2D eigenvalue weighted by Crippen LogP contribution is -2.40. The van der Waals surface area contributed by atoms with Crippen LogP contribution in [0.5, 0.6) is 0 Å². The predicted octanol–water partition coefficient (Wildman–Crippen LogP) is 3.25. The Labute approximate surface area is 149 Å². The maximum atomic E-state index is 13.4. The molecule has 0 aliphatic rings. The summed E-state index contributed by atoms with van der Waals surface area (Å²) in [4.78, 5) is 24.9. The number of aryl methyl sites for hydroxylation is 3. The molecule has 4 nitrogen and oxygen atoms in total. The summed E-state index contributed by atoms with van der Waals surface area (Å²) in [6, 6.07) is 7.10. The van der Waals surface area contributed by atoms with Crippen LogP contribution in [0.1, 0.15) is 22.3 Å². The van der Waals surface area contributed by atoms with E-state index in [2.05, 4.69) is 0 Å². The first kappa shape index (κ1) is 17.8. The molecule has 6 heteroatoms. The Morgan fingerprint density at radius 3 is 2.12 bits per heavy atom. The van der Waals surface area contributed by atoms with Gasteiger partial charge in [-0.2, -0.15) is 0 Å². The molecule has 0 aliphatic heterocycles. The van der Waals surface area contributed by atoms with E-state index in [9.17, 15) is 18.4 Å². The molecule has 26 heavy (non-hydrogen) atoms. The van der Waals surface area contributed by atoms with Gasteiger partial charge in [0.05, 0.1) is 12.2 Å². The van der Waals surface area contributed by atoms with Gasteiger partial charge in [0.25, 0.3) is 0 Å². The summed E-state index contributed by atoms with van der Waals surface area (Å²) in [5.41, 5.74) is 2.74. The van der Waals surface area contributed by atoms with Crippen molar-refractivity contribution in [3.63, 3.8) is 0 Å². The molecule has 0 saturated heterocycles. The first-order valence-electron chi connectivity index (χ1n) is 8.12. The minimum absolute atomic E-state index is 0.0980. The van der Waals surface area contributed by atoms with E-state index in [4.69, 9.17) is 0 Å². The second-order valence-corrected chi connectivity index (χ2v) is 6.38. The minimum Gasteiger partial charge on any atom is -0.305 e. The van der Waals surface area contributed by atoms with Gasteiger partial charge in [-0.25, -0.2) is 8.78 Å². The van der Waals surface area contributed by atoms with Gasteiger partial charge in [-0.1, -0.05) is 17.7 Å². The van der Waals surface area contributed by atoms with E-state index in [1.54, 1.807) is 0 Å². The van der Waals surface area contributed by atoms with Gasteiger partial charge < -0.3 is 4.57 Å². The fourth-order valence-electron chi connectivity index (χ4n) is 3.10. The topological polar surface area (TPSA) is 44.0 Å². The van der Waals surface area contributed by atoms with Gasteiger partial charge in [0, 0.05) is 18.5 Å². The molecule has 0 bridgehead atoms. The van der Waals surface area contributed by atoms with Crippen molar-refractivity contribution in [1.82, 2.24) is 9.13 Å². The van der Waals surface area contributed by atoms with E-state index < -0.39 is 22.8 Å². The Morgan fingerprint density at radius 1 is 0.846 bits per heavy atom. The molecule has 0 spiro atoms. The Kier molecular flexibility index (Phi) is 4.59. The molecule has 1 heterocycles. The maximum absolute atomic E-state index is 13.4. The molecular formula is C20H18F2N2O2. The SMILES string of the molecule is Cc1cc(C)c(Cn2ccn(-c3ccc(F)c(F)c3)c(=O)c2=O)c(C)c1. The molecule has 0 amide bonds. The third-order valence-corrected chi connectivity index (χ3v) is 4.41. The third kappa shape index (κ3) is 3.22. The summed E-state index contributed by atoms with van der Waals surface area (Å²) >= 11 is 0. The van der Waals surface area contributed by atoms with Crippen molar-refractivity contribution in [2.75, 3.05) is 0 Å². The van der Waals surface area contributed by atoms with Crippen molar-refractivity contribution in [2.24, 2.45) is 0 Å². The Balaban J connectivity index is 2.05. The lowest BCUT2D eigenvalue weighted by Gasteiger charge is -2.14. The van der Waals surface area contributed by atoms with Crippen LogP contribution in [0.2, 0.25) is 0 Å². The molecule has 0 unspecified atom stereocenters. The maximum Gasteiger partial charge on any atom is 0.320 e. The van der Waals surface area contributed by atoms with Gasteiger partial charge in [0.1, 0.15) is 0 Å². The zero-order valence-electron chi connectivity index (χ0n) is 14.7. The normalized spacial score (nSPS) is 11.0. The fourth-order valence-corrected chi connectivity index (χ4v) is 3.10. The quantitative estimate of drug-likeness (QED) is 0.676. The van der Waals surface area contributed by atoms with Crippen LogP contribution in [-0.2, 0) is 6.54 Å². The molecule has 2 aromatic carbocycles. The summed E-state index contributed by atoms with van der Waals surface area (Å²) in [5.74, 6) is -2.09. The van der Waals surface area contributed by atoms with Crippen molar-refractivity contribution in [3.8, 4) is 5.69 Å². The first-order valence-corrected chi connectivity index (χ1v) is 8.12. The van der Waals surface area contributed by atoms with Crippen molar-refractivity contribution < 1.29 is 8.78 Å². The second-order valence-electron chi connectivity index (χ2n) is 6.38. The molecule has 0 saturated carbocycles. The van der Waals surface area contributed by atoms with Crippen LogP contribution in [-0.4, -0.2) is 9.13 Å². The summed E-state index contributed by atoms with van der Waals surface area (Å²) in [6.07, 6.45) is 2.86. The fraction of sp³-hybridized carbons (Fsp3) is 0.200. The van der Waals surface area contributed by atoms with Gasteiger partial charge in [-0.05, 0) is 49.6 Å². The smallest absolute Gasteiger partial charge is 0.305 e. The average Bonchev–Trinajstić information content (AvgIpc) is 2.57. The molecular weight excluding hydrogens is 338 g/mol. The van der Waals surface area contributed by atoms with Crippen LogP contribution in [0.4, 0.5) is 8.78 Å². The summed E-state index contributed by atoms with van der Waals surface area (Å²) in [6.45, 7) is 6.19. The minimum atomic E-state index is -1.08. The summed E-state index contributed by atoms with van der Waals surface area (Å²) in [5, 5.41) is 0. The van der Waals surface area contributed by atoms with Crippen LogP contribution in [0, 0.1) is 32.4 Å². The number of aromatic nitrogens is 2. The number of halogens is 2. The van der Waals surface area contributed by atoms with Gasteiger partial charge >= 0.3 is 11.1 Å². The van der Waals surface area contributed by atoms with E-state index in [1.807, 2.05) is 32.9 Å². The molecule has 3 rings (SSSR count). The molecule has 0 fully saturated rings. The molecule has 3 aromatic rings. The average molecular weight is 356 g/mol. The van der Waals surface area contributed by atoms with E-state index in [1.165, 1.54) is 23.0 Å². The number of hydrogen-bond acceptors (Lipinski definition) is 2. The van der Waals surface area contributed by atoms with Crippen LogP contribution in [0.15, 0.2) is 52.3 Å². The zero-order chi connectivity index (χ0) is 19.0. The van der Waals surface area contributed by atoms with Crippen molar-refractivity contribution in [3.05, 3.63) is 97.3 Å². The Bertz CT molecular complexity index is 1090. The van der Waals surface area contributed by atoms with E-state index in [-0.39, 0.29) is 12.2 Å². The second kappa shape index (κ2) is 6.71. The monoisotopic (exact) mass is 356 g/mol. The van der Waals surface area contributed by atoms with E-state index >= 15 is 0 Å². The van der Waals surface area contributed by atoms with Crippen molar-refractivity contribution >= 4 is 0 Å². The molecule has 0 atom stereocenters. The zero-order valence-corrected chi connectivity index (χ0v) is 14.7. The largest absolute Gasteiger partial charge is 0.320 e. The third-order valence-electron chi connectivity index (χ3n) is 4.41. The van der Waals surface area contributed by atoms with Gasteiger partial charge in [-0.15, -0.1) is 0 Å². The van der Waals surface area contributed by atoms with E-state index in [0.29, 0.717) is 0 Å². The standard InChI is InChI=1S/C20H18F2N2O2/c1-12-8-13(2)16(14(3)9-12)11-23-6-7-24(20(26)19(23)25)15-4-5-17(21)18(22)10-15/h4-10H,11H2,1-3H3. The Morgan fingerprint density at radius 2 is 1.50 bits per heavy atom. The first-order chi connectivity index (χ1) is 12.3. The lowest BCUT2D eigenvalue weighted by atomic mass is 10.00. The number of hydrogen-bond donors (Lipinski definition) is 0. The van der Waals surface area contributed by atoms with Crippen LogP contribution >= 0.6 is 0 Å². The molecule has 134 valence electrons. The lowest BCUT2D eigenvalue weighted by molar-refractivity contribution is 0.507. The number of nitrogens with zero attached hydrogens (tertiary/aromatic N) is 2. The van der Waals surface area contributed by atoms with Crippen LogP contribution in [0.25, 0.3) is 5.69 Å². The molecule has 0 aliphatic carbocycles. The molecule has 0 radical (unpaired) electrons. The van der Waals surface area contributed by atoms with Crippen LogP contribution < -0.4 is 11.1 Å². The summed E-state index contributed by atoms with van der Waals surface area (Å²) < 4.78 is 28.8. The van der Waals surface area contributed by atoms with Gasteiger partial charge in [-0.3, -0.25) is 14.2 Å². The van der Waals surface area contributed by atoms with Crippen molar-refractivity contribution in [2.45, 2.75) is 27.3 Å². The molecule has 1 aromatic heterocycles. The highest BCUT2D eigenvalue weighted by molar-refractivity contribution is 5.38. The highest BCUT2D eigenvalue weighted by Crippen LogP contribution is 2.17. The van der Waals surface area contributed by atoms with Crippen LogP contribution in [0.3, 0.4) is 0 Å². The van der Waals surface area contributed by atoms with Gasteiger partial charge in [0.2, 0.25) is 0 Å².